The standard InChI is InChI=1S/C78H72N4S2/c1-8-50-83-75-49-47-59(72-42-27-41-71(80-72)58-31-17-13-18-32-58)52-68(75)54(5)63(9-2)66-38-25-44-74(64(66)10-3)81(11-4)61-35-23-36-62(53-61)82(60-33-19-14-20-34-60)73-43-24-37-65(55(73)6)67-39-26-45-77-78(67)69-51-56(46-48-76(69)84-77)28-21-22-40-70(79-7)57-29-15-12-16-30-57/h8-9,12-27,29-49,51-54,79H,1,10-11,28,50H2,2-7H3/b22-21-,63-9+,70-40-. The molecule has 0 spiro atoms. The molecule has 2 aromatic heterocycles. The average Bonchev–Trinajstić information content (AvgIpc) is 3.43. The minimum absolute atomic E-state index is 0.0908. The zero-order valence-corrected chi connectivity index (χ0v) is 50.7. The molecular weight excluding hydrogens is 1060 g/mol. The second kappa shape index (κ2) is 26.5. The van der Waals surface area contributed by atoms with Crippen LogP contribution in [-0.4, -0.2) is 24.3 Å². The zero-order chi connectivity index (χ0) is 57.9. The molecule has 11 aromatic rings. The van der Waals surface area contributed by atoms with Gasteiger partial charge in [0.05, 0.1) is 11.4 Å². The first-order valence-electron chi connectivity index (χ1n) is 29.4. The number of nitrogens with one attached hydrogen (secondary N) is 1. The van der Waals surface area contributed by atoms with Crippen LogP contribution in [0.5, 0.6) is 0 Å². The fraction of sp³-hybridized carbons (Fsp3) is 0.141. The highest BCUT2D eigenvalue weighted by atomic mass is 32.2. The molecule has 0 saturated heterocycles. The Hall–Kier alpha value is -8.94. The highest BCUT2D eigenvalue weighted by Crippen LogP contribution is 2.47. The molecule has 4 nitrogen and oxygen atoms in total. The van der Waals surface area contributed by atoms with E-state index < -0.39 is 0 Å². The van der Waals surface area contributed by atoms with Gasteiger partial charge in [-0.05, 0) is 175 Å². The summed E-state index contributed by atoms with van der Waals surface area (Å²) in [4.78, 5) is 11.4. The summed E-state index contributed by atoms with van der Waals surface area (Å²) in [5.41, 5.74) is 22.3. The summed E-state index contributed by atoms with van der Waals surface area (Å²) in [6.07, 6.45) is 12.6. The summed E-state index contributed by atoms with van der Waals surface area (Å²) in [6.45, 7) is 16.3. The first-order valence-corrected chi connectivity index (χ1v) is 31.2. The van der Waals surface area contributed by atoms with Crippen molar-refractivity contribution < 1.29 is 0 Å². The minimum atomic E-state index is 0.0908. The van der Waals surface area contributed by atoms with E-state index in [0.717, 1.165) is 76.1 Å². The monoisotopic (exact) mass is 1130 g/mol. The SMILES string of the molecule is C=CCSc1ccc(-c2cccc(-c3ccccc3)n2)cc1C(C)/C(=C\C)c1cccc(N(CC)c2cccc(N(c3ccccc3)c3cccc(-c4cccc5sc6ccc(C/C=C\C=C(/NC)c7ccccc7)cc6c45)c3C)c2)c1CC. The summed E-state index contributed by atoms with van der Waals surface area (Å²) in [5, 5.41) is 5.97. The van der Waals surface area contributed by atoms with Gasteiger partial charge in [0, 0.05) is 95.6 Å². The largest absolute Gasteiger partial charge is 0.388 e. The van der Waals surface area contributed by atoms with E-state index in [4.69, 9.17) is 4.98 Å². The van der Waals surface area contributed by atoms with Crippen molar-refractivity contribution in [3.8, 4) is 33.6 Å². The number of benzene rings is 9. The van der Waals surface area contributed by atoms with E-state index in [9.17, 15) is 0 Å². The molecule has 0 radical (unpaired) electrons. The summed E-state index contributed by atoms with van der Waals surface area (Å²) < 4.78 is 2.59. The van der Waals surface area contributed by atoms with Crippen molar-refractivity contribution in [2.75, 3.05) is 29.1 Å². The number of rotatable bonds is 21. The Kier molecular flexibility index (Phi) is 18.0. The molecule has 84 heavy (non-hydrogen) atoms. The van der Waals surface area contributed by atoms with Gasteiger partial charge in [-0.3, -0.25) is 0 Å². The summed E-state index contributed by atoms with van der Waals surface area (Å²) >= 11 is 3.72. The maximum absolute atomic E-state index is 5.19. The lowest BCUT2D eigenvalue weighted by Gasteiger charge is -2.31. The van der Waals surface area contributed by atoms with Gasteiger partial charge in [-0.1, -0.05) is 178 Å². The Morgan fingerprint density at radius 3 is 2.08 bits per heavy atom. The number of allylic oxidation sites excluding steroid dienone is 5. The molecule has 0 amide bonds. The van der Waals surface area contributed by atoms with E-state index in [2.05, 4.69) is 299 Å². The molecule has 0 aliphatic heterocycles. The molecule has 1 N–H and O–H groups in total. The Morgan fingerprint density at radius 2 is 1.33 bits per heavy atom. The second-order valence-electron chi connectivity index (χ2n) is 21.1. The van der Waals surface area contributed by atoms with Gasteiger partial charge in [0.2, 0.25) is 0 Å². The average molecular weight is 1130 g/mol. The van der Waals surface area contributed by atoms with E-state index in [1.165, 1.54) is 80.8 Å². The van der Waals surface area contributed by atoms with Crippen LogP contribution in [0, 0.1) is 6.92 Å². The summed E-state index contributed by atoms with van der Waals surface area (Å²) in [6, 6.07) is 81.7. The molecule has 0 fully saturated rings. The van der Waals surface area contributed by atoms with Crippen LogP contribution >= 0.6 is 23.1 Å². The van der Waals surface area contributed by atoms with E-state index >= 15 is 0 Å². The molecule has 0 bridgehead atoms. The van der Waals surface area contributed by atoms with Gasteiger partial charge in [0.15, 0.2) is 0 Å². The van der Waals surface area contributed by atoms with Crippen molar-refractivity contribution >= 4 is 83.0 Å². The maximum atomic E-state index is 5.19. The third kappa shape index (κ3) is 12.0. The normalized spacial score (nSPS) is 12.3. The predicted octanol–water partition coefficient (Wildman–Crippen LogP) is 21.8. The van der Waals surface area contributed by atoms with Crippen molar-refractivity contribution in [2.45, 2.75) is 58.3 Å². The van der Waals surface area contributed by atoms with Crippen LogP contribution in [0.1, 0.15) is 67.0 Å². The third-order valence-electron chi connectivity index (χ3n) is 16.1. The number of para-hydroxylation sites is 1. The molecule has 1 atom stereocenters. The topological polar surface area (TPSA) is 31.4 Å². The van der Waals surface area contributed by atoms with Crippen LogP contribution in [0.4, 0.5) is 28.4 Å². The number of pyridine rings is 1. The van der Waals surface area contributed by atoms with Crippen LogP contribution in [0.2, 0.25) is 0 Å². The number of thiophene rings is 1. The number of hydrogen-bond acceptors (Lipinski definition) is 6. The number of nitrogens with zero attached hydrogens (tertiary/aromatic N) is 3. The molecule has 9 aromatic carbocycles. The molecule has 416 valence electrons. The number of fused-ring (bicyclic) bond motifs is 3. The van der Waals surface area contributed by atoms with Gasteiger partial charge >= 0.3 is 0 Å². The smallest absolute Gasteiger partial charge is 0.0709 e. The van der Waals surface area contributed by atoms with Crippen molar-refractivity contribution in [3.63, 3.8) is 0 Å². The number of aromatic nitrogens is 1. The summed E-state index contributed by atoms with van der Waals surface area (Å²) in [7, 11) is 1.98. The molecular formula is C78H72N4S2. The predicted molar refractivity (Wildman–Crippen MR) is 367 cm³/mol. The lowest BCUT2D eigenvalue weighted by atomic mass is 9.84. The number of anilines is 5. The van der Waals surface area contributed by atoms with Crippen LogP contribution in [0.15, 0.2) is 266 Å². The molecule has 0 aliphatic rings. The highest BCUT2D eigenvalue weighted by Gasteiger charge is 2.25. The van der Waals surface area contributed by atoms with Crippen LogP contribution < -0.4 is 15.1 Å². The zero-order valence-electron chi connectivity index (χ0n) is 49.0. The van der Waals surface area contributed by atoms with Gasteiger partial charge in [-0.25, -0.2) is 4.98 Å². The van der Waals surface area contributed by atoms with Gasteiger partial charge in [0.25, 0.3) is 0 Å². The minimum Gasteiger partial charge on any atom is -0.388 e. The van der Waals surface area contributed by atoms with Crippen molar-refractivity contribution in [1.29, 1.82) is 0 Å². The molecule has 0 aliphatic carbocycles. The van der Waals surface area contributed by atoms with Gasteiger partial charge in [-0.2, -0.15) is 0 Å². The van der Waals surface area contributed by atoms with Crippen molar-refractivity contribution in [3.05, 3.63) is 295 Å². The summed E-state index contributed by atoms with van der Waals surface area (Å²) in [5.74, 6) is 0.919. The Morgan fingerprint density at radius 1 is 0.655 bits per heavy atom. The first-order chi connectivity index (χ1) is 41.3. The second-order valence-corrected chi connectivity index (χ2v) is 23.2. The molecule has 6 heteroatoms. The Balaban J connectivity index is 0.931. The maximum Gasteiger partial charge on any atom is 0.0709 e. The van der Waals surface area contributed by atoms with E-state index in [0.29, 0.717) is 0 Å². The highest BCUT2D eigenvalue weighted by molar-refractivity contribution is 7.99. The van der Waals surface area contributed by atoms with E-state index in [1.54, 1.807) is 0 Å². The first kappa shape index (κ1) is 56.9. The molecule has 1 unspecified atom stereocenters. The van der Waals surface area contributed by atoms with Crippen LogP contribution in [0.25, 0.3) is 65.1 Å². The molecule has 0 saturated carbocycles. The lowest BCUT2D eigenvalue weighted by molar-refractivity contribution is 0.941. The lowest BCUT2D eigenvalue weighted by Crippen LogP contribution is -2.19. The number of thioether (sulfide) groups is 1. The van der Waals surface area contributed by atoms with Crippen molar-refractivity contribution in [1.82, 2.24) is 10.3 Å². The quantitative estimate of drug-likeness (QED) is 0.0440. The van der Waals surface area contributed by atoms with E-state index in [-0.39, 0.29) is 5.92 Å². The fourth-order valence-electron chi connectivity index (χ4n) is 12.0. The van der Waals surface area contributed by atoms with Crippen molar-refractivity contribution in [2.24, 2.45) is 0 Å². The Labute approximate surface area is 505 Å². The van der Waals surface area contributed by atoms with Gasteiger partial charge < -0.3 is 15.1 Å². The number of hydrogen-bond donors (Lipinski definition) is 1. The Bertz CT molecular complexity index is 4190. The third-order valence-corrected chi connectivity index (χ3v) is 18.3. The van der Waals surface area contributed by atoms with Gasteiger partial charge in [0.1, 0.15) is 0 Å². The van der Waals surface area contributed by atoms with Crippen LogP contribution in [-0.2, 0) is 12.8 Å². The van der Waals surface area contributed by atoms with Crippen LogP contribution in [0.3, 0.4) is 0 Å². The molecule has 2 heterocycles. The van der Waals surface area contributed by atoms with Gasteiger partial charge in [-0.15, -0.1) is 29.7 Å². The fourth-order valence-corrected chi connectivity index (χ4v) is 13.9. The van der Waals surface area contributed by atoms with E-state index in [1.807, 2.05) is 42.3 Å². The molecule has 11 rings (SSSR count).